The average molecular weight is 366 g/mol. The molecular formula is C20H18N2O5. The highest BCUT2D eigenvalue weighted by Gasteiger charge is 2.15. The second-order valence-electron chi connectivity index (χ2n) is 6.01. The highest BCUT2D eigenvalue weighted by atomic mass is 16.5. The Morgan fingerprint density at radius 1 is 1.26 bits per heavy atom. The fourth-order valence-electron chi connectivity index (χ4n) is 2.90. The minimum absolute atomic E-state index is 0.180. The van der Waals surface area contributed by atoms with Crippen molar-refractivity contribution in [2.45, 2.75) is 6.92 Å². The number of ether oxygens (including phenoxy) is 2. The molecule has 0 spiro atoms. The molecule has 0 fully saturated rings. The van der Waals surface area contributed by atoms with Gasteiger partial charge in [-0.05, 0) is 36.8 Å². The summed E-state index contributed by atoms with van der Waals surface area (Å²) in [5.41, 5.74) is 2.46. The summed E-state index contributed by atoms with van der Waals surface area (Å²) in [5.74, 6) is -0.878. The van der Waals surface area contributed by atoms with Crippen LogP contribution in [-0.2, 0) is 4.74 Å². The lowest BCUT2D eigenvalue weighted by Crippen LogP contribution is -2.05. The summed E-state index contributed by atoms with van der Waals surface area (Å²) in [6.45, 7) is 2.75. The minimum Gasteiger partial charge on any atom is -0.507 e. The number of carboxylic acids is 1. The van der Waals surface area contributed by atoms with Gasteiger partial charge in [0.1, 0.15) is 29.7 Å². The van der Waals surface area contributed by atoms with E-state index in [1.807, 2.05) is 13.0 Å². The van der Waals surface area contributed by atoms with Crippen LogP contribution in [0.2, 0.25) is 0 Å². The molecule has 0 aliphatic rings. The molecule has 7 nitrogen and oxygen atoms in total. The van der Waals surface area contributed by atoms with E-state index >= 15 is 0 Å². The minimum atomic E-state index is -1.21. The number of carboxylic acid groups (broad SMARTS) is 1. The molecule has 2 N–H and O–H groups in total. The van der Waals surface area contributed by atoms with Gasteiger partial charge in [-0.25, -0.2) is 4.79 Å². The van der Waals surface area contributed by atoms with Crippen LogP contribution in [0, 0.1) is 18.3 Å². The molecule has 0 bridgehead atoms. The molecule has 7 heteroatoms. The topological polar surface area (TPSA) is 105 Å². The number of aromatic nitrogens is 1. The molecule has 0 unspecified atom stereocenters. The number of carbonyl (C=O) groups is 1. The van der Waals surface area contributed by atoms with Crippen LogP contribution in [-0.4, -0.2) is 41.1 Å². The van der Waals surface area contributed by atoms with E-state index in [1.54, 1.807) is 30.0 Å². The standard InChI is InChI=1S/C20H18N2O5/c1-12-7-17-16(9-19(12)27-6-5-26-2)13(10-21)11-22(17)14-3-4-15(20(24)25)18(23)8-14/h3-4,7-9,11,23H,5-6H2,1-2H3,(H,24,25). The zero-order valence-corrected chi connectivity index (χ0v) is 14.9. The van der Waals surface area contributed by atoms with E-state index in [0.29, 0.717) is 35.6 Å². The van der Waals surface area contributed by atoms with E-state index in [0.717, 1.165) is 11.1 Å². The largest absolute Gasteiger partial charge is 0.507 e. The van der Waals surface area contributed by atoms with E-state index in [9.17, 15) is 15.2 Å². The van der Waals surface area contributed by atoms with Gasteiger partial charge in [0, 0.05) is 30.4 Å². The number of phenols is 1. The Labute approximate surface area is 155 Å². The van der Waals surface area contributed by atoms with E-state index in [2.05, 4.69) is 6.07 Å². The maximum atomic E-state index is 11.1. The number of methoxy groups -OCH3 is 1. The fourth-order valence-corrected chi connectivity index (χ4v) is 2.90. The molecule has 0 atom stereocenters. The first-order valence-corrected chi connectivity index (χ1v) is 8.20. The lowest BCUT2D eigenvalue weighted by Gasteiger charge is -2.11. The van der Waals surface area contributed by atoms with Gasteiger partial charge in [-0.2, -0.15) is 5.26 Å². The van der Waals surface area contributed by atoms with E-state index < -0.39 is 5.97 Å². The Bertz CT molecular complexity index is 1060. The predicted molar refractivity (Wildman–Crippen MR) is 98.7 cm³/mol. The van der Waals surface area contributed by atoms with Crippen LogP contribution < -0.4 is 4.74 Å². The molecule has 0 amide bonds. The number of aromatic hydroxyl groups is 1. The van der Waals surface area contributed by atoms with Gasteiger partial charge in [0.05, 0.1) is 17.7 Å². The van der Waals surface area contributed by atoms with Gasteiger partial charge in [0.15, 0.2) is 0 Å². The third kappa shape index (κ3) is 3.43. The van der Waals surface area contributed by atoms with E-state index in [-0.39, 0.29) is 11.3 Å². The van der Waals surface area contributed by atoms with Crippen LogP contribution in [0.4, 0.5) is 0 Å². The summed E-state index contributed by atoms with van der Waals surface area (Å²) >= 11 is 0. The number of benzene rings is 2. The molecule has 0 aliphatic heterocycles. The van der Waals surface area contributed by atoms with Crippen molar-refractivity contribution in [1.82, 2.24) is 4.57 Å². The first kappa shape index (κ1) is 18.3. The van der Waals surface area contributed by atoms with Crippen molar-refractivity contribution in [3.8, 4) is 23.3 Å². The zero-order valence-electron chi connectivity index (χ0n) is 14.9. The number of rotatable bonds is 6. The van der Waals surface area contributed by atoms with Gasteiger partial charge < -0.3 is 24.3 Å². The lowest BCUT2D eigenvalue weighted by atomic mass is 10.1. The molecule has 27 heavy (non-hydrogen) atoms. The number of nitriles is 1. The van der Waals surface area contributed by atoms with Crippen LogP contribution in [0.25, 0.3) is 16.6 Å². The monoisotopic (exact) mass is 366 g/mol. The van der Waals surface area contributed by atoms with Crippen molar-refractivity contribution in [1.29, 1.82) is 5.26 Å². The highest BCUT2D eigenvalue weighted by molar-refractivity contribution is 5.92. The van der Waals surface area contributed by atoms with Crippen LogP contribution >= 0.6 is 0 Å². The summed E-state index contributed by atoms with van der Waals surface area (Å²) in [6, 6.07) is 10.1. The molecule has 0 aliphatic carbocycles. The first-order chi connectivity index (χ1) is 13.0. The number of fused-ring (bicyclic) bond motifs is 1. The second kappa shape index (κ2) is 7.40. The summed E-state index contributed by atoms with van der Waals surface area (Å²) in [4.78, 5) is 11.1. The maximum absolute atomic E-state index is 11.1. The van der Waals surface area contributed by atoms with Gasteiger partial charge in [-0.1, -0.05) is 0 Å². The van der Waals surface area contributed by atoms with Gasteiger partial charge in [-0.3, -0.25) is 0 Å². The van der Waals surface area contributed by atoms with Crippen LogP contribution in [0.15, 0.2) is 36.5 Å². The third-order valence-corrected chi connectivity index (χ3v) is 4.26. The predicted octanol–water partition coefficient (Wildman–Crippen LogP) is 3.24. The van der Waals surface area contributed by atoms with Gasteiger partial charge in [0.25, 0.3) is 0 Å². The van der Waals surface area contributed by atoms with E-state index in [4.69, 9.17) is 14.6 Å². The maximum Gasteiger partial charge on any atom is 0.339 e. The van der Waals surface area contributed by atoms with Gasteiger partial charge in [-0.15, -0.1) is 0 Å². The Balaban J connectivity index is 2.12. The molecule has 3 aromatic rings. The molecule has 0 radical (unpaired) electrons. The molecule has 0 saturated carbocycles. The first-order valence-electron chi connectivity index (χ1n) is 8.20. The van der Waals surface area contributed by atoms with Crippen LogP contribution in [0.3, 0.4) is 0 Å². The second-order valence-corrected chi connectivity index (χ2v) is 6.01. The Kier molecular flexibility index (Phi) is 5.01. The van der Waals surface area contributed by atoms with Crippen molar-refractivity contribution in [2.75, 3.05) is 20.3 Å². The third-order valence-electron chi connectivity index (χ3n) is 4.26. The Hall–Kier alpha value is -3.50. The molecule has 2 aromatic carbocycles. The Morgan fingerprint density at radius 2 is 2.04 bits per heavy atom. The summed E-state index contributed by atoms with van der Waals surface area (Å²) in [5, 5.41) is 29.2. The van der Waals surface area contributed by atoms with Crippen LogP contribution in [0.1, 0.15) is 21.5 Å². The number of hydrogen-bond acceptors (Lipinski definition) is 5. The summed E-state index contributed by atoms with van der Waals surface area (Å²) in [7, 11) is 1.60. The van der Waals surface area contributed by atoms with Crippen molar-refractivity contribution >= 4 is 16.9 Å². The summed E-state index contributed by atoms with van der Waals surface area (Å²) in [6.07, 6.45) is 1.65. The summed E-state index contributed by atoms with van der Waals surface area (Å²) < 4.78 is 12.4. The lowest BCUT2D eigenvalue weighted by molar-refractivity contribution is 0.0693. The quantitative estimate of drug-likeness (QED) is 0.649. The molecule has 138 valence electrons. The SMILES string of the molecule is COCCOc1cc2c(C#N)cn(-c3ccc(C(=O)O)c(O)c3)c2cc1C. The van der Waals surface area contributed by atoms with Gasteiger partial charge >= 0.3 is 5.97 Å². The Morgan fingerprint density at radius 3 is 2.67 bits per heavy atom. The number of aromatic carboxylic acids is 1. The molecule has 1 heterocycles. The van der Waals surface area contributed by atoms with E-state index in [1.165, 1.54) is 12.1 Å². The van der Waals surface area contributed by atoms with Crippen molar-refractivity contribution in [3.63, 3.8) is 0 Å². The molecule has 1 aromatic heterocycles. The van der Waals surface area contributed by atoms with Crippen LogP contribution in [0.5, 0.6) is 11.5 Å². The normalized spacial score (nSPS) is 10.7. The zero-order chi connectivity index (χ0) is 19.6. The molecular weight excluding hydrogens is 348 g/mol. The fraction of sp³-hybridized carbons (Fsp3) is 0.200. The molecule has 3 rings (SSSR count). The van der Waals surface area contributed by atoms with Gasteiger partial charge in [0.2, 0.25) is 0 Å². The van der Waals surface area contributed by atoms with Crippen molar-refractivity contribution in [3.05, 3.63) is 53.2 Å². The molecule has 0 saturated heterocycles. The highest BCUT2D eigenvalue weighted by Crippen LogP contribution is 2.32. The van der Waals surface area contributed by atoms with Crippen molar-refractivity contribution < 1.29 is 24.5 Å². The average Bonchev–Trinajstić information content (AvgIpc) is 2.99. The number of aryl methyl sites for hydroxylation is 1. The number of nitrogens with zero attached hydrogens (tertiary/aromatic N) is 2. The number of hydrogen-bond donors (Lipinski definition) is 2. The van der Waals surface area contributed by atoms with Crippen molar-refractivity contribution in [2.24, 2.45) is 0 Å². The smallest absolute Gasteiger partial charge is 0.339 e.